The van der Waals surface area contributed by atoms with E-state index in [0.717, 1.165) is 16.3 Å². The molecule has 2 heterocycles. The first-order valence-corrected chi connectivity index (χ1v) is 5.72. The van der Waals surface area contributed by atoms with Crippen molar-refractivity contribution < 1.29 is 0 Å². The number of nitrogens with one attached hydrogen (secondary N) is 1. The molecular weight excluding hydrogens is 250 g/mol. The normalized spacial score (nSPS) is 10.7. The van der Waals surface area contributed by atoms with E-state index in [1.165, 1.54) is 0 Å². The molecule has 0 aliphatic carbocycles. The summed E-state index contributed by atoms with van der Waals surface area (Å²) < 4.78 is 0. The van der Waals surface area contributed by atoms with E-state index >= 15 is 0 Å². The second-order valence-electron chi connectivity index (χ2n) is 3.84. The fraction of sp³-hybridized carbons (Fsp3) is 0. The van der Waals surface area contributed by atoms with Crippen LogP contribution in [-0.2, 0) is 0 Å². The van der Waals surface area contributed by atoms with E-state index in [1.807, 2.05) is 24.3 Å². The summed E-state index contributed by atoms with van der Waals surface area (Å²) in [6, 6.07) is 9.28. The first kappa shape index (κ1) is 10.9. The number of fused-ring (bicyclic) bond motifs is 1. The highest BCUT2D eigenvalue weighted by molar-refractivity contribution is 6.29. The molecular formula is C13H8ClN3O. The molecule has 0 bridgehead atoms. The van der Waals surface area contributed by atoms with Gasteiger partial charge >= 0.3 is 0 Å². The Hall–Kier alpha value is -2.20. The minimum atomic E-state index is -0.280. The van der Waals surface area contributed by atoms with Crippen LogP contribution in [0.5, 0.6) is 0 Å². The third-order valence-electron chi connectivity index (χ3n) is 2.73. The molecule has 88 valence electrons. The number of nitrogens with zero attached hydrogens (tertiary/aromatic N) is 2. The molecule has 3 rings (SSSR count). The quantitative estimate of drug-likeness (QED) is 0.729. The van der Waals surface area contributed by atoms with Gasteiger partial charge in [0.2, 0.25) is 0 Å². The fourth-order valence-corrected chi connectivity index (χ4v) is 2.06. The molecule has 0 fully saturated rings. The Balaban J connectivity index is 2.38. The molecule has 0 amide bonds. The molecule has 0 atom stereocenters. The summed E-state index contributed by atoms with van der Waals surface area (Å²) in [4.78, 5) is 16.0. The first-order chi connectivity index (χ1) is 8.75. The molecule has 0 unspecified atom stereocenters. The molecule has 2 aromatic heterocycles. The van der Waals surface area contributed by atoms with E-state index in [1.54, 1.807) is 18.5 Å². The summed E-state index contributed by atoms with van der Waals surface area (Å²) in [5.74, 6) is 0. The van der Waals surface area contributed by atoms with Crippen LogP contribution in [0.4, 0.5) is 0 Å². The Kier molecular flexibility index (Phi) is 2.57. The average Bonchev–Trinajstić information content (AvgIpc) is 2.41. The first-order valence-electron chi connectivity index (χ1n) is 5.34. The Labute approximate surface area is 107 Å². The smallest absolute Gasteiger partial charge is 0.267 e. The van der Waals surface area contributed by atoms with Gasteiger partial charge in [0.25, 0.3) is 5.56 Å². The molecule has 0 aliphatic rings. The summed E-state index contributed by atoms with van der Waals surface area (Å²) in [5, 5.41) is 8.20. The van der Waals surface area contributed by atoms with Crippen molar-refractivity contribution in [2.75, 3.05) is 0 Å². The minimum absolute atomic E-state index is 0.248. The zero-order valence-electron chi connectivity index (χ0n) is 9.22. The number of benzene rings is 1. The summed E-state index contributed by atoms with van der Waals surface area (Å²) in [5.41, 5.74) is 0.940. The summed E-state index contributed by atoms with van der Waals surface area (Å²) >= 11 is 5.82. The lowest BCUT2D eigenvalue weighted by atomic mass is 10.0. The highest BCUT2D eigenvalue weighted by Gasteiger charge is 2.09. The van der Waals surface area contributed by atoms with E-state index in [0.29, 0.717) is 5.56 Å². The van der Waals surface area contributed by atoms with Gasteiger partial charge in [0.05, 0.1) is 5.56 Å². The highest BCUT2D eigenvalue weighted by Crippen LogP contribution is 2.25. The van der Waals surface area contributed by atoms with Crippen LogP contribution in [0.25, 0.3) is 21.9 Å². The Morgan fingerprint density at radius 3 is 2.83 bits per heavy atom. The van der Waals surface area contributed by atoms with E-state index < -0.39 is 0 Å². The third kappa shape index (κ3) is 1.76. The van der Waals surface area contributed by atoms with E-state index in [-0.39, 0.29) is 10.7 Å². The van der Waals surface area contributed by atoms with Crippen molar-refractivity contribution >= 4 is 22.4 Å². The number of hydrogen-bond donors (Lipinski definition) is 1. The van der Waals surface area contributed by atoms with Crippen LogP contribution in [0.2, 0.25) is 5.15 Å². The van der Waals surface area contributed by atoms with Crippen LogP contribution in [0.3, 0.4) is 0 Å². The van der Waals surface area contributed by atoms with Crippen molar-refractivity contribution in [3.8, 4) is 11.1 Å². The maximum atomic E-state index is 11.8. The number of aromatic amines is 1. The lowest BCUT2D eigenvalue weighted by Gasteiger charge is -2.05. The second-order valence-corrected chi connectivity index (χ2v) is 4.23. The van der Waals surface area contributed by atoms with Gasteiger partial charge in [-0.2, -0.15) is 5.10 Å². The van der Waals surface area contributed by atoms with Crippen LogP contribution in [0, 0.1) is 0 Å². The van der Waals surface area contributed by atoms with Gasteiger partial charge in [0.1, 0.15) is 5.15 Å². The monoisotopic (exact) mass is 257 g/mol. The zero-order valence-corrected chi connectivity index (χ0v) is 9.98. The van der Waals surface area contributed by atoms with Crippen molar-refractivity contribution in [3.05, 3.63) is 58.2 Å². The molecule has 0 saturated heterocycles. The fourth-order valence-electron chi connectivity index (χ4n) is 1.91. The van der Waals surface area contributed by atoms with Crippen LogP contribution < -0.4 is 5.56 Å². The standard InChI is InChI=1S/C13H8ClN3O/c14-12-5-10(13(18)17-16-12)11-7-15-6-8-3-1-2-4-9(8)11/h1-7H,(H,17,18). The predicted octanol–water partition coefficient (Wildman–Crippen LogP) is 2.64. The van der Waals surface area contributed by atoms with E-state index in [4.69, 9.17) is 11.6 Å². The molecule has 1 aromatic carbocycles. The molecule has 0 saturated carbocycles. The number of halogens is 1. The second kappa shape index (κ2) is 4.23. The minimum Gasteiger partial charge on any atom is -0.267 e. The van der Waals surface area contributed by atoms with E-state index in [9.17, 15) is 4.79 Å². The van der Waals surface area contributed by atoms with Gasteiger partial charge in [0, 0.05) is 23.3 Å². The summed E-state index contributed by atoms with van der Waals surface area (Å²) in [7, 11) is 0. The molecule has 5 heteroatoms. The summed E-state index contributed by atoms with van der Waals surface area (Å²) in [6.07, 6.45) is 3.42. The SMILES string of the molecule is O=c1[nH]nc(Cl)cc1-c1cncc2ccccc12. The predicted molar refractivity (Wildman–Crippen MR) is 70.6 cm³/mol. The van der Waals surface area contributed by atoms with Crippen molar-refractivity contribution in [3.63, 3.8) is 0 Å². The van der Waals surface area contributed by atoms with Gasteiger partial charge in [-0.05, 0) is 11.5 Å². The highest BCUT2D eigenvalue weighted by atomic mass is 35.5. The molecule has 0 spiro atoms. The zero-order chi connectivity index (χ0) is 12.5. The summed E-state index contributed by atoms with van der Waals surface area (Å²) in [6.45, 7) is 0. The van der Waals surface area contributed by atoms with Crippen molar-refractivity contribution in [1.82, 2.24) is 15.2 Å². The van der Waals surface area contributed by atoms with Crippen molar-refractivity contribution in [2.45, 2.75) is 0 Å². The van der Waals surface area contributed by atoms with Gasteiger partial charge in [-0.3, -0.25) is 9.78 Å². The Morgan fingerprint density at radius 1 is 1.11 bits per heavy atom. The Bertz CT molecular complexity index is 777. The third-order valence-corrected chi connectivity index (χ3v) is 2.92. The largest absolute Gasteiger partial charge is 0.272 e. The number of pyridine rings is 1. The van der Waals surface area contributed by atoms with Crippen LogP contribution in [-0.4, -0.2) is 15.2 Å². The van der Waals surface area contributed by atoms with Crippen molar-refractivity contribution in [2.24, 2.45) is 0 Å². The molecule has 4 nitrogen and oxygen atoms in total. The molecule has 18 heavy (non-hydrogen) atoms. The van der Waals surface area contributed by atoms with Gasteiger partial charge in [0.15, 0.2) is 0 Å². The molecule has 1 N–H and O–H groups in total. The van der Waals surface area contributed by atoms with Crippen molar-refractivity contribution in [1.29, 1.82) is 0 Å². The lowest BCUT2D eigenvalue weighted by molar-refractivity contribution is 0.992. The van der Waals surface area contributed by atoms with Crippen LogP contribution in [0.1, 0.15) is 0 Å². The molecule has 3 aromatic rings. The Morgan fingerprint density at radius 2 is 1.94 bits per heavy atom. The van der Waals surface area contributed by atoms with Gasteiger partial charge in [-0.1, -0.05) is 35.9 Å². The number of rotatable bonds is 1. The van der Waals surface area contributed by atoms with E-state index in [2.05, 4.69) is 15.2 Å². The number of hydrogen-bond acceptors (Lipinski definition) is 3. The van der Waals surface area contributed by atoms with Gasteiger partial charge < -0.3 is 0 Å². The topological polar surface area (TPSA) is 58.6 Å². The number of H-pyrrole nitrogens is 1. The van der Waals surface area contributed by atoms with Crippen LogP contribution >= 0.6 is 11.6 Å². The maximum absolute atomic E-state index is 11.8. The molecule has 0 radical (unpaired) electrons. The lowest BCUT2D eigenvalue weighted by Crippen LogP contribution is -2.10. The molecule has 0 aliphatic heterocycles. The average molecular weight is 258 g/mol. The number of aromatic nitrogens is 3. The van der Waals surface area contributed by atoms with Gasteiger partial charge in [-0.25, -0.2) is 5.10 Å². The van der Waals surface area contributed by atoms with Crippen LogP contribution in [0.15, 0.2) is 47.5 Å². The van der Waals surface area contributed by atoms with Gasteiger partial charge in [-0.15, -0.1) is 0 Å². The maximum Gasteiger partial charge on any atom is 0.272 e.